The van der Waals surface area contributed by atoms with E-state index in [0.29, 0.717) is 18.6 Å². The van der Waals surface area contributed by atoms with Crippen LogP contribution in [0.1, 0.15) is 41.0 Å². The summed E-state index contributed by atoms with van der Waals surface area (Å²) in [7, 11) is 0. The molecule has 25 heavy (non-hydrogen) atoms. The first-order chi connectivity index (χ1) is 12.3. The topological polar surface area (TPSA) is 77.6 Å². The Morgan fingerprint density at radius 3 is 2.76 bits per heavy atom. The quantitative estimate of drug-likeness (QED) is 0.782. The minimum Gasteiger partial charge on any atom is -0.483 e. The Bertz CT molecular complexity index is 750. The number of H-pyrrole nitrogens is 1. The van der Waals surface area contributed by atoms with Crippen LogP contribution in [0.25, 0.3) is 0 Å². The van der Waals surface area contributed by atoms with E-state index in [9.17, 15) is 9.59 Å². The third-order valence-corrected chi connectivity index (χ3v) is 3.98. The molecule has 1 fully saturated rings. The van der Waals surface area contributed by atoms with Crippen molar-refractivity contribution < 1.29 is 19.0 Å². The molecule has 2 heterocycles. The van der Waals surface area contributed by atoms with Crippen LogP contribution in [0.15, 0.2) is 41.2 Å². The first-order valence-corrected chi connectivity index (χ1v) is 8.37. The van der Waals surface area contributed by atoms with E-state index in [-0.39, 0.29) is 36.4 Å². The fourth-order valence-corrected chi connectivity index (χ4v) is 2.69. The Labute approximate surface area is 145 Å². The largest absolute Gasteiger partial charge is 0.483 e. The predicted octanol–water partition coefficient (Wildman–Crippen LogP) is 2.81. The zero-order chi connectivity index (χ0) is 17.5. The smallest absolute Gasteiger partial charge is 0.224 e. The van der Waals surface area contributed by atoms with Gasteiger partial charge >= 0.3 is 0 Å². The second-order valence-electron chi connectivity index (χ2n) is 5.90. The van der Waals surface area contributed by atoms with Crippen LogP contribution in [0.4, 0.5) is 0 Å². The number of carbonyl (C=O) groups excluding carboxylic acids is 1. The van der Waals surface area contributed by atoms with Gasteiger partial charge in [0.15, 0.2) is 18.3 Å². The number of nitrogens with one attached hydrogen (secondary N) is 1. The standard InChI is InChI=1S/C19H21NO5/c21-11-16-19(25-12-14-6-2-1-3-7-14)17(22)10-15(20-16)13-24-18-8-4-5-9-23-18/h1-3,6-7,10-11,18H,4-5,8-9,12-13H2,(H,20,22). The van der Waals surface area contributed by atoms with Crippen molar-refractivity contribution in [3.05, 3.63) is 63.6 Å². The number of carbonyl (C=O) groups is 1. The first kappa shape index (κ1) is 17.4. The summed E-state index contributed by atoms with van der Waals surface area (Å²) in [6, 6.07) is 10.9. The van der Waals surface area contributed by atoms with Crippen molar-refractivity contribution in [2.45, 2.75) is 38.8 Å². The lowest BCUT2D eigenvalue weighted by Crippen LogP contribution is -2.23. The van der Waals surface area contributed by atoms with Gasteiger partial charge in [0.05, 0.1) is 6.61 Å². The highest BCUT2D eigenvalue weighted by molar-refractivity contribution is 5.76. The van der Waals surface area contributed by atoms with E-state index in [0.717, 1.165) is 24.8 Å². The fourth-order valence-electron chi connectivity index (χ4n) is 2.69. The lowest BCUT2D eigenvalue weighted by molar-refractivity contribution is -0.169. The van der Waals surface area contributed by atoms with Crippen molar-refractivity contribution >= 4 is 6.29 Å². The molecule has 0 radical (unpaired) electrons. The lowest BCUT2D eigenvalue weighted by atomic mass is 10.2. The molecule has 0 bridgehead atoms. The van der Waals surface area contributed by atoms with Gasteiger partial charge in [0.2, 0.25) is 5.43 Å². The van der Waals surface area contributed by atoms with Crippen LogP contribution < -0.4 is 10.2 Å². The van der Waals surface area contributed by atoms with Crippen LogP contribution in [0.2, 0.25) is 0 Å². The van der Waals surface area contributed by atoms with Gasteiger partial charge in [-0.05, 0) is 24.8 Å². The molecule has 6 nitrogen and oxygen atoms in total. The molecule has 132 valence electrons. The van der Waals surface area contributed by atoms with Crippen LogP contribution in [0, 0.1) is 0 Å². The number of ether oxygens (including phenoxy) is 3. The molecule has 1 aliphatic heterocycles. The van der Waals surface area contributed by atoms with Crippen molar-refractivity contribution in [3.8, 4) is 5.75 Å². The second-order valence-corrected chi connectivity index (χ2v) is 5.90. The summed E-state index contributed by atoms with van der Waals surface area (Å²) in [5.41, 5.74) is 1.21. The Balaban J connectivity index is 1.67. The minimum atomic E-state index is -0.347. The number of hydrogen-bond donors (Lipinski definition) is 1. The molecule has 0 aliphatic carbocycles. The van der Waals surface area contributed by atoms with E-state index in [1.165, 1.54) is 6.07 Å². The number of hydrogen-bond acceptors (Lipinski definition) is 5. The van der Waals surface area contributed by atoms with Crippen LogP contribution in [-0.4, -0.2) is 24.2 Å². The SMILES string of the molecule is O=Cc1[nH]c(COC2CCCCO2)cc(=O)c1OCc1ccccc1. The van der Waals surface area contributed by atoms with E-state index < -0.39 is 0 Å². The average Bonchev–Trinajstić information content (AvgIpc) is 2.66. The molecular weight excluding hydrogens is 322 g/mol. The summed E-state index contributed by atoms with van der Waals surface area (Å²) < 4.78 is 16.7. The molecule has 3 rings (SSSR count). The zero-order valence-electron chi connectivity index (χ0n) is 13.9. The van der Waals surface area contributed by atoms with Crippen molar-refractivity contribution in [3.63, 3.8) is 0 Å². The van der Waals surface area contributed by atoms with Gasteiger partial charge in [-0.3, -0.25) is 9.59 Å². The van der Waals surface area contributed by atoms with Crippen LogP contribution in [-0.2, 0) is 22.7 Å². The highest BCUT2D eigenvalue weighted by Gasteiger charge is 2.16. The van der Waals surface area contributed by atoms with Gasteiger partial charge in [0, 0.05) is 18.4 Å². The summed E-state index contributed by atoms with van der Waals surface area (Å²) >= 11 is 0. The van der Waals surface area contributed by atoms with E-state index in [2.05, 4.69) is 4.98 Å². The van der Waals surface area contributed by atoms with E-state index in [1.807, 2.05) is 30.3 Å². The molecule has 0 saturated carbocycles. The Kier molecular flexibility index (Phi) is 5.98. The van der Waals surface area contributed by atoms with Gasteiger partial charge in [-0.25, -0.2) is 0 Å². The lowest BCUT2D eigenvalue weighted by Gasteiger charge is -2.22. The highest BCUT2D eigenvalue weighted by Crippen LogP contribution is 2.16. The molecule has 1 atom stereocenters. The average molecular weight is 343 g/mol. The van der Waals surface area contributed by atoms with Gasteiger partial charge in [-0.2, -0.15) is 0 Å². The van der Waals surface area contributed by atoms with E-state index >= 15 is 0 Å². The van der Waals surface area contributed by atoms with Crippen molar-refractivity contribution in [1.82, 2.24) is 4.98 Å². The summed E-state index contributed by atoms with van der Waals surface area (Å²) in [5.74, 6) is 0.0246. The summed E-state index contributed by atoms with van der Waals surface area (Å²) in [6.45, 7) is 1.09. The number of aromatic amines is 1. The van der Waals surface area contributed by atoms with Crippen LogP contribution >= 0.6 is 0 Å². The highest BCUT2D eigenvalue weighted by atomic mass is 16.7. The second kappa shape index (κ2) is 8.60. The molecule has 0 amide bonds. The maximum absolute atomic E-state index is 12.3. The predicted molar refractivity (Wildman–Crippen MR) is 91.6 cm³/mol. The van der Waals surface area contributed by atoms with Crippen LogP contribution in [0.3, 0.4) is 0 Å². The molecule has 1 N–H and O–H groups in total. The van der Waals surface area contributed by atoms with E-state index in [4.69, 9.17) is 14.2 Å². The molecule has 1 unspecified atom stereocenters. The first-order valence-electron chi connectivity index (χ1n) is 8.37. The van der Waals surface area contributed by atoms with Gasteiger partial charge < -0.3 is 19.2 Å². The molecule has 2 aromatic rings. The Morgan fingerprint density at radius 1 is 1.20 bits per heavy atom. The number of benzene rings is 1. The number of aldehydes is 1. The molecule has 6 heteroatoms. The molecule has 1 aromatic heterocycles. The van der Waals surface area contributed by atoms with Gasteiger partial charge in [-0.1, -0.05) is 30.3 Å². The normalized spacial score (nSPS) is 17.2. The molecule has 1 saturated heterocycles. The van der Waals surface area contributed by atoms with Gasteiger partial charge in [0.1, 0.15) is 12.3 Å². The Morgan fingerprint density at radius 2 is 2.04 bits per heavy atom. The van der Waals surface area contributed by atoms with Gasteiger partial charge in [-0.15, -0.1) is 0 Å². The van der Waals surface area contributed by atoms with E-state index in [1.54, 1.807) is 0 Å². The number of aromatic nitrogens is 1. The van der Waals surface area contributed by atoms with Gasteiger partial charge in [0.25, 0.3) is 0 Å². The van der Waals surface area contributed by atoms with Crippen LogP contribution in [0.5, 0.6) is 5.75 Å². The van der Waals surface area contributed by atoms with Crippen molar-refractivity contribution in [2.24, 2.45) is 0 Å². The zero-order valence-corrected chi connectivity index (χ0v) is 13.9. The maximum atomic E-state index is 12.3. The number of rotatable bonds is 7. The Hall–Kier alpha value is -2.44. The fraction of sp³-hybridized carbons (Fsp3) is 0.368. The summed E-state index contributed by atoms with van der Waals surface area (Å²) in [5, 5.41) is 0. The molecular formula is C19H21NO5. The van der Waals surface area contributed by atoms with Crippen molar-refractivity contribution in [1.29, 1.82) is 0 Å². The number of pyridine rings is 1. The third kappa shape index (κ3) is 4.78. The summed E-state index contributed by atoms with van der Waals surface area (Å²) in [4.78, 5) is 26.5. The molecule has 0 spiro atoms. The monoisotopic (exact) mass is 343 g/mol. The molecule has 1 aliphatic rings. The van der Waals surface area contributed by atoms with Crippen molar-refractivity contribution in [2.75, 3.05) is 6.61 Å². The maximum Gasteiger partial charge on any atom is 0.224 e. The third-order valence-electron chi connectivity index (χ3n) is 3.98. The summed E-state index contributed by atoms with van der Waals surface area (Å²) in [6.07, 6.45) is 3.27. The molecule has 1 aromatic carbocycles. The minimum absolute atomic E-state index is 0.0246.